The van der Waals surface area contributed by atoms with Crippen molar-refractivity contribution in [3.8, 4) is 11.5 Å². The van der Waals surface area contributed by atoms with Crippen LogP contribution in [-0.2, 0) is 14.3 Å². The molecule has 0 spiro atoms. The molecule has 0 aromatic heterocycles. The molecule has 0 bridgehead atoms. The Labute approximate surface area is 197 Å². The van der Waals surface area contributed by atoms with E-state index in [0.29, 0.717) is 24.4 Å². The lowest BCUT2D eigenvalue weighted by molar-refractivity contribution is -0.144. The molecule has 34 heavy (non-hydrogen) atoms. The van der Waals surface area contributed by atoms with Crippen LogP contribution in [0.3, 0.4) is 0 Å². The zero-order valence-electron chi connectivity index (χ0n) is 19.8. The number of carbonyl (C=O) groups excluding carboxylic acids is 2. The van der Waals surface area contributed by atoms with Crippen molar-refractivity contribution in [2.24, 2.45) is 4.99 Å². The molecule has 0 saturated heterocycles. The van der Waals surface area contributed by atoms with Crippen molar-refractivity contribution < 1.29 is 18.7 Å². The molecule has 0 saturated carbocycles. The molecule has 0 unspecified atom stereocenters. The van der Waals surface area contributed by atoms with E-state index in [2.05, 4.69) is 20.4 Å². The van der Waals surface area contributed by atoms with Gasteiger partial charge in [0.15, 0.2) is 11.3 Å². The Bertz CT molecular complexity index is 1410. The number of benzene rings is 3. The molecule has 1 aliphatic heterocycles. The first kappa shape index (κ1) is 23.2. The minimum Gasteiger partial charge on any atom is -0.467 e. The Balaban J connectivity index is 1.67. The number of anilines is 1. The van der Waals surface area contributed by atoms with Gasteiger partial charge in [0.2, 0.25) is 5.91 Å². The average Bonchev–Trinajstić information content (AvgIpc) is 2.83. The highest BCUT2D eigenvalue weighted by molar-refractivity contribution is 6.10. The number of aryl methyl sites for hydroxylation is 1. The first-order valence-corrected chi connectivity index (χ1v) is 11.3. The molecular weight excluding hydrogens is 432 g/mol. The van der Waals surface area contributed by atoms with Crippen LogP contribution in [-0.4, -0.2) is 43.1 Å². The number of ether oxygens (including phenoxy) is 1. The summed E-state index contributed by atoms with van der Waals surface area (Å²) in [6.45, 7) is 6.69. The van der Waals surface area contributed by atoms with E-state index in [9.17, 15) is 9.59 Å². The Kier molecular flexibility index (Phi) is 6.77. The third-order valence-corrected chi connectivity index (χ3v) is 5.64. The number of carbonyl (C=O) groups is 2. The van der Waals surface area contributed by atoms with Gasteiger partial charge in [0.1, 0.15) is 17.3 Å². The quantitative estimate of drug-likeness (QED) is 0.247. The van der Waals surface area contributed by atoms with E-state index in [-0.39, 0.29) is 12.3 Å². The molecule has 2 N–H and O–H groups in total. The van der Waals surface area contributed by atoms with Gasteiger partial charge in [-0.1, -0.05) is 24.3 Å². The number of rotatable bonds is 7. The third kappa shape index (κ3) is 4.71. The zero-order chi connectivity index (χ0) is 24.2. The lowest BCUT2D eigenvalue weighted by atomic mass is 10.1. The van der Waals surface area contributed by atoms with Crippen LogP contribution in [0, 0.1) is 6.92 Å². The first-order valence-electron chi connectivity index (χ1n) is 11.3. The van der Waals surface area contributed by atoms with Crippen LogP contribution in [0.25, 0.3) is 33.3 Å². The third-order valence-electron chi connectivity index (χ3n) is 5.64. The molecule has 0 radical (unpaired) electrons. The summed E-state index contributed by atoms with van der Waals surface area (Å²) in [5.41, 5.74) is 4.09. The van der Waals surface area contributed by atoms with Crippen LogP contribution in [0.5, 0.6) is 0 Å². The van der Waals surface area contributed by atoms with E-state index in [0.717, 1.165) is 38.6 Å². The van der Waals surface area contributed by atoms with Gasteiger partial charge < -0.3 is 19.8 Å². The molecule has 1 heterocycles. The van der Waals surface area contributed by atoms with Gasteiger partial charge in [0, 0.05) is 48.1 Å². The Morgan fingerprint density at radius 1 is 1.18 bits per heavy atom. The summed E-state index contributed by atoms with van der Waals surface area (Å²) >= 11 is 0. The van der Waals surface area contributed by atoms with Crippen molar-refractivity contribution >= 4 is 39.4 Å². The second kappa shape index (κ2) is 9.91. The molecule has 2 aromatic rings. The number of nitrogens with one attached hydrogen (secondary N) is 2. The number of nitrogens with zero attached hydrogens (tertiary/aromatic N) is 2. The van der Waals surface area contributed by atoms with Gasteiger partial charge in [-0.15, -0.1) is 0 Å². The summed E-state index contributed by atoms with van der Waals surface area (Å²) in [4.78, 5) is 33.1. The minimum atomic E-state index is -0.690. The Hall–Kier alpha value is -3.94. The lowest BCUT2D eigenvalue weighted by Gasteiger charge is -2.15. The summed E-state index contributed by atoms with van der Waals surface area (Å²) < 4.78 is 10.9. The molecule has 2 aliphatic rings. The van der Waals surface area contributed by atoms with Crippen LogP contribution in [0.1, 0.15) is 25.8 Å². The summed E-state index contributed by atoms with van der Waals surface area (Å²) in [5, 5.41) is 8.80. The van der Waals surface area contributed by atoms with Gasteiger partial charge in [0.25, 0.3) is 0 Å². The number of esters is 1. The maximum Gasteiger partial charge on any atom is 0.328 e. The molecule has 8 nitrogen and oxygen atoms in total. The van der Waals surface area contributed by atoms with Crippen molar-refractivity contribution in [3.63, 3.8) is 0 Å². The number of hydrogen-bond donors (Lipinski definition) is 2. The molecular formula is C26H28N4O4. The van der Waals surface area contributed by atoms with Crippen molar-refractivity contribution in [1.29, 1.82) is 0 Å². The van der Waals surface area contributed by atoms with Crippen LogP contribution in [0.4, 0.5) is 5.69 Å². The van der Waals surface area contributed by atoms with Crippen LogP contribution in [0.2, 0.25) is 0 Å². The van der Waals surface area contributed by atoms with Gasteiger partial charge in [-0.05, 0) is 32.4 Å². The highest BCUT2D eigenvalue weighted by Gasteiger charge is 2.17. The number of fused-ring (bicyclic) bond motifs is 4. The SMILES string of the molecule is CCN=c1cc2oc3cc(NCCC(=O)N[C@@H](C)C(=O)OC)c4ccccc4c3nc-2cc1C. The second-order valence-electron chi connectivity index (χ2n) is 8.10. The molecule has 176 valence electrons. The molecule has 1 atom stereocenters. The van der Waals surface area contributed by atoms with E-state index in [1.165, 1.54) is 7.11 Å². The fourth-order valence-corrected chi connectivity index (χ4v) is 3.94. The predicted octanol–water partition coefficient (Wildman–Crippen LogP) is 3.79. The molecule has 0 fully saturated rings. The zero-order valence-corrected chi connectivity index (χ0v) is 19.8. The van der Waals surface area contributed by atoms with Crippen LogP contribution >= 0.6 is 0 Å². The summed E-state index contributed by atoms with van der Waals surface area (Å²) in [5.74, 6) is -0.0496. The van der Waals surface area contributed by atoms with E-state index < -0.39 is 12.0 Å². The van der Waals surface area contributed by atoms with E-state index in [1.807, 2.05) is 56.3 Å². The van der Waals surface area contributed by atoms with Crippen molar-refractivity contribution in [2.75, 3.05) is 25.5 Å². The fourth-order valence-electron chi connectivity index (χ4n) is 3.94. The second-order valence-corrected chi connectivity index (χ2v) is 8.10. The van der Waals surface area contributed by atoms with Gasteiger partial charge in [-0.25, -0.2) is 9.78 Å². The number of methoxy groups -OCH3 is 1. The van der Waals surface area contributed by atoms with Crippen LogP contribution < -0.4 is 16.0 Å². The summed E-state index contributed by atoms with van der Waals surface area (Å²) in [7, 11) is 1.29. The van der Waals surface area contributed by atoms with E-state index in [1.54, 1.807) is 6.92 Å². The molecule has 4 rings (SSSR count). The first-order chi connectivity index (χ1) is 16.4. The monoisotopic (exact) mass is 460 g/mol. The molecule has 8 heteroatoms. The van der Waals surface area contributed by atoms with Crippen LogP contribution in [0.15, 0.2) is 51.9 Å². The van der Waals surface area contributed by atoms with Gasteiger partial charge in [-0.2, -0.15) is 0 Å². The minimum absolute atomic E-state index is 0.196. The summed E-state index contributed by atoms with van der Waals surface area (Å²) in [6, 6.07) is 13.1. The highest BCUT2D eigenvalue weighted by atomic mass is 16.5. The predicted molar refractivity (Wildman–Crippen MR) is 132 cm³/mol. The maximum atomic E-state index is 12.2. The molecule has 2 aromatic carbocycles. The van der Waals surface area contributed by atoms with Crippen molar-refractivity contribution in [2.45, 2.75) is 33.2 Å². The van der Waals surface area contributed by atoms with Gasteiger partial charge in [-0.3, -0.25) is 9.79 Å². The van der Waals surface area contributed by atoms with E-state index in [4.69, 9.17) is 9.40 Å². The number of aromatic nitrogens is 1. The summed E-state index contributed by atoms with van der Waals surface area (Å²) in [6.07, 6.45) is 0.196. The lowest BCUT2D eigenvalue weighted by Crippen LogP contribution is -2.39. The highest BCUT2D eigenvalue weighted by Crippen LogP contribution is 2.34. The molecule has 1 amide bonds. The maximum absolute atomic E-state index is 12.2. The number of hydrogen-bond acceptors (Lipinski definition) is 7. The normalized spacial score (nSPS) is 12.8. The standard InChI is InChI=1S/C26H28N4O4/c1-5-27-19-13-22-21(12-15(19)2)30-25-18-9-7-6-8-17(18)20(14-23(25)34-22)28-11-10-24(31)29-16(3)26(32)33-4/h6-9,12-14,16,28H,5,10-11H2,1-4H3,(H,29,31)/t16-/m0/s1. The van der Waals surface area contributed by atoms with Gasteiger partial charge >= 0.3 is 5.97 Å². The number of amides is 1. The Morgan fingerprint density at radius 2 is 1.94 bits per heavy atom. The van der Waals surface area contributed by atoms with Gasteiger partial charge in [0.05, 0.1) is 12.5 Å². The largest absolute Gasteiger partial charge is 0.467 e. The van der Waals surface area contributed by atoms with E-state index >= 15 is 0 Å². The molecule has 1 aliphatic carbocycles. The Morgan fingerprint density at radius 3 is 2.68 bits per heavy atom. The average molecular weight is 461 g/mol. The smallest absolute Gasteiger partial charge is 0.328 e. The topological polar surface area (TPSA) is 106 Å². The van der Waals surface area contributed by atoms with Crippen molar-refractivity contribution in [3.05, 3.63) is 53.4 Å². The fraction of sp³-hybridized carbons (Fsp3) is 0.308. The van der Waals surface area contributed by atoms with Crippen molar-refractivity contribution in [1.82, 2.24) is 10.3 Å².